The summed E-state index contributed by atoms with van der Waals surface area (Å²) in [5.74, 6) is 0. The SMILES string of the molecule is CCN(CC)CCCC1(C#N)c2ccccc2-c2ccccc21. The summed E-state index contributed by atoms with van der Waals surface area (Å²) < 4.78 is 0. The van der Waals surface area contributed by atoms with Gasteiger partial charge in [-0.1, -0.05) is 62.4 Å². The molecule has 2 aromatic carbocycles. The van der Waals surface area contributed by atoms with Gasteiger partial charge >= 0.3 is 0 Å². The molecule has 1 aliphatic carbocycles. The zero-order valence-corrected chi connectivity index (χ0v) is 14.0. The van der Waals surface area contributed by atoms with E-state index in [0.717, 1.165) is 32.5 Å². The Morgan fingerprint density at radius 3 is 1.91 bits per heavy atom. The van der Waals surface area contributed by atoms with Crippen molar-refractivity contribution in [2.75, 3.05) is 19.6 Å². The third-order valence-electron chi connectivity index (χ3n) is 5.18. The Kier molecular flexibility index (Phi) is 4.50. The Bertz CT molecular complexity index is 677. The third kappa shape index (κ3) is 2.56. The smallest absolute Gasteiger partial charge is 0.108 e. The number of hydrogen-bond donors (Lipinski definition) is 0. The van der Waals surface area contributed by atoms with Crippen molar-refractivity contribution in [2.24, 2.45) is 0 Å². The first-order valence-electron chi connectivity index (χ1n) is 8.59. The first kappa shape index (κ1) is 15.8. The van der Waals surface area contributed by atoms with E-state index < -0.39 is 5.41 Å². The first-order chi connectivity index (χ1) is 11.3. The molecule has 0 bridgehead atoms. The van der Waals surface area contributed by atoms with E-state index in [4.69, 9.17) is 0 Å². The van der Waals surface area contributed by atoms with Gasteiger partial charge in [-0.2, -0.15) is 5.26 Å². The molecule has 118 valence electrons. The molecule has 0 radical (unpaired) electrons. The van der Waals surface area contributed by atoms with Crippen molar-refractivity contribution in [3.8, 4) is 17.2 Å². The molecule has 3 rings (SSSR count). The van der Waals surface area contributed by atoms with Crippen molar-refractivity contribution >= 4 is 0 Å². The van der Waals surface area contributed by atoms with Crippen LogP contribution in [0.3, 0.4) is 0 Å². The maximum Gasteiger partial charge on any atom is 0.108 e. The number of nitriles is 1. The van der Waals surface area contributed by atoms with E-state index in [-0.39, 0.29) is 0 Å². The lowest BCUT2D eigenvalue weighted by atomic mass is 9.76. The molecule has 0 saturated carbocycles. The minimum atomic E-state index is -0.486. The Labute approximate surface area is 139 Å². The van der Waals surface area contributed by atoms with Gasteiger partial charge < -0.3 is 4.90 Å². The fourth-order valence-corrected chi connectivity index (χ4v) is 3.88. The lowest BCUT2D eigenvalue weighted by Crippen LogP contribution is -2.28. The van der Waals surface area contributed by atoms with Gasteiger partial charge in [0.2, 0.25) is 0 Å². The molecule has 0 atom stereocenters. The number of fused-ring (bicyclic) bond motifs is 3. The highest BCUT2D eigenvalue weighted by molar-refractivity contribution is 5.82. The minimum Gasteiger partial charge on any atom is -0.304 e. The van der Waals surface area contributed by atoms with Crippen LogP contribution in [0.1, 0.15) is 37.8 Å². The zero-order chi connectivity index (χ0) is 16.3. The molecule has 0 aliphatic heterocycles. The van der Waals surface area contributed by atoms with Gasteiger partial charge in [0.25, 0.3) is 0 Å². The highest BCUT2D eigenvalue weighted by atomic mass is 15.1. The average Bonchev–Trinajstić information content (AvgIpc) is 2.90. The zero-order valence-electron chi connectivity index (χ0n) is 14.0. The van der Waals surface area contributed by atoms with Gasteiger partial charge in [-0.05, 0) is 54.7 Å². The maximum atomic E-state index is 10.1. The lowest BCUT2D eigenvalue weighted by Gasteiger charge is -2.26. The van der Waals surface area contributed by atoms with Crippen molar-refractivity contribution in [2.45, 2.75) is 32.1 Å². The van der Waals surface area contributed by atoms with Crippen LogP contribution in [0.15, 0.2) is 48.5 Å². The van der Waals surface area contributed by atoms with E-state index in [9.17, 15) is 5.26 Å². The third-order valence-corrected chi connectivity index (χ3v) is 5.18. The van der Waals surface area contributed by atoms with Crippen LogP contribution in [0.2, 0.25) is 0 Å². The molecule has 0 aromatic heterocycles. The van der Waals surface area contributed by atoms with Crippen LogP contribution < -0.4 is 0 Å². The van der Waals surface area contributed by atoms with Crippen molar-refractivity contribution in [1.82, 2.24) is 4.90 Å². The van der Waals surface area contributed by atoms with E-state index in [2.05, 4.69) is 73.3 Å². The lowest BCUT2D eigenvalue weighted by molar-refractivity contribution is 0.291. The van der Waals surface area contributed by atoms with Crippen LogP contribution in [-0.4, -0.2) is 24.5 Å². The van der Waals surface area contributed by atoms with Crippen molar-refractivity contribution in [3.05, 3.63) is 59.7 Å². The monoisotopic (exact) mass is 304 g/mol. The second-order valence-electron chi connectivity index (χ2n) is 6.24. The molecule has 0 N–H and O–H groups in total. The molecule has 2 nitrogen and oxygen atoms in total. The molecular formula is C21H24N2. The second-order valence-corrected chi connectivity index (χ2v) is 6.24. The molecular weight excluding hydrogens is 280 g/mol. The predicted molar refractivity (Wildman–Crippen MR) is 95.3 cm³/mol. The Hall–Kier alpha value is -2.11. The Balaban J connectivity index is 1.96. The first-order valence-corrected chi connectivity index (χ1v) is 8.59. The van der Waals surface area contributed by atoms with Crippen LogP contribution in [0, 0.1) is 11.3 Å². The summed E-state index contributed by atoms with van der Waals surface area (Å²) in [6, 6.07) is 19.5. The average molecular weight is 304 g/mol. The fraction of sp³-hybridized carbons (Fsp3) is 0.381. The van der Waals surface area contributed by atoms with Crippen LogP contribution >= 0.6 is 0 Å². The van der Waals surface area contributed by atoms with Crippen LogP contribution in [0.25, 0.3) is 11.1 Å². The van der Waals surface area contributed by atoms with E-state index in [0.29, 0.717) is 0 Å². The largest absolute Gasteiger partial charge is 0.304 e. The van der Waals surface area contributed by atoms with Gasteiger partial charge in [0.1, 0.15) is 5.41 Å². The highest BCUT2D eigenvalue weighted by Crippen LogP contribution is 2.50. The van der Waals surface area contributed by atoms with E-state index in [1.54, 1.807) is 0 Å². The minimum absolute atomic E-state index is 0.486. The predicted octanol–water partition coefficient (Wildman–Crippen LogP) is 4.60. The van der Waals surface area contributed by atoms with E-state index in [1.807, 2.05) is 0 Å². The van der Waals surface area contributed by atoms with Crippen molar-refractivity contribution < 1.29 is 0 Å². The number of hydrogen-bond acceptors (Lipinski definition) is 2. The topological polar surface area (TPSA) is 27.0 Å². The number of benzene rings is 2. The van der Waals surface area contributed by atoms with Gasteiger partial charge in [0.15, 0.2) is 0 Å². The molecule has 0 unspecified atom stereocenters. The molecule has 0 amide bonds. The summed E-state index contributed by atoms with van der Waals surface area (Å²) in [5, 5.41) is 10.1. The summed E-state index contributed by atoms with van der Waals surface area (Å²) in [7, 11) is 0. The Morgan fingerprint density at radius 1 is 0.913 bits per heavy atom. The molecule has 0 heterocycles. The molecule has 2 aromatic rings. The fourth-order valence-electron chi connectivity index (χ4n) is 3.88. The maximum absolute atomic E-state index is 10.1. The number of nitrogens with zero attached hydrogens (tertiary/aromatic N) is 2. The molecule has 0 fully saturated rings. The van der Waals surface area contributed by atoms with Crippen molar-refractivity contribution in [3.63, 3.8) is 0 Å². The molecule has 0 saturated heterocycles. The highest BCUT2D eigenvalue weighted by Gasteiger charge is 2.42. The van der Waals surface area contributed by atoms with Crippen molar-refractivity contribution in [1.29, 1.82) is 5.26 Å². The van der Waals surface area contributed by atoms with Gasteiger partial charge in [0, 0.05) is 0 Å². The summed E-state index contributed by atoms with van der Waals surface area (Å²) in [5.41, 5.74) is 4.34. The quantitative estimate of drug-likeness (QED) is 0.780. The molecule has 23 heavy (non-hydrogen) atoms. The molecule has 0 spiro atoms. The van der Waals surface area contributed by atoms with Crippen LogP contribution in [0.4, 0.5) is 0 Å². The van der Waals surface area contributed by atoms with E-state index >= 15 is 0 Å². The van der Waals surface area contributed by atoms with Gasteiger partial charge in [-0.3, -0.25) is 0 Å². The van der Waals surface area contributed by atoms with E-state index in [1.165, 1.54) is 22.3 Å². The molecule has 2 heteroatoms. The van der Waals surface area contributed by atoms with Gasteiger partial charge in [-0.25, -0.2) is 0 Å². The molecule has 1 aliphatic rings. The van der Waals surface area contributed by atoms with Gasteiger partial charge in [0.05, 0.1) is 6.07 Å². The summed E-state index contributed by atoms with van der Waals surface area (Å²) >= 11 is 0. The second kappa shape index (κ2) is 6.56. The summed E-state index contributed by atoms with van der Waals surface area (Å²) in [6.07, 6.45) is 1.92. The number of rotatable bonds is 6. The van der Waals surface area contributed by atoms with Gasteiger partial charge in [-0.15, -0.1) is 0 Å². The summed E-state index contributed by atoms with van der Waals surface area (Å²) in [4.78, 5) is 2.43. The van der Waals surface area contributed by atoms with Crippen LogP contribution in [0.5, 0.6) is 0 Å². The summed E-state index contributed by atoms with van der Waals surface area (Å²) in [6.45, 7) is 7.60. The Morgan fingerprint density at radius 2 is 1.43 bits per heavy atom. The normalized spacial score (nSPS) is 14.3. The van der Waals surface area contributed by atoms with Crippen LogP contribution in [-0.2, 0) is 5.41 Å². The standard InChI is InChI=1S/C21H24N2/c1-3-23(4-2)15-9-14-21(16-22)19-12-7-5-10-17(19)18-11-6-8-13-20(18)21/h5-8,10-13H,3-4,9,14-15H2,1-2H3.